The van der Waals surface area contributed by atoms with Crippen molar-refractivity contribution in [3.05, 3.63) is 27.8 Å². The molecule has 0 aliphatic carbocycles. The number of ether oxygens (including phenoxy) is 1. The highest BCUT2D eigenvalue weighted by Crippen LogP contribution is 2.20. The molecule has 0 amide bonds. The van der Waals surface area contributed by atoms with Gasteiger partial charge in [-0.3, -0.25) is 4.98 Å². The van der Waals surface area contributed by atoms with Crippen molar-refractivity contribution < 1.29 is 4.74 Å². The molecule has 1 N–H and O–H groups in total. The molecule has 0 unspecified atom stereocenters. The Hall–Kier alpha value is -1.40. The number of nitrogens with one attached hydrogen (secondary N) is 1. The summed E-state index contributed by atoms with van der Waals surface area (Å²) >= 11 is 1.65. The second kappa shape index (κ2) is 5.29. The maximum absolute atomic E-state index is 5.34. The summed E-state index contributed by atoms with van der Waals surface area (Å²) < 4.78 is 7.10. The van der Waals surface area contributed by atoms with Crippen molar-refractivity contribution in [2.45, 2.75) is 20.0 Å². The van der Waals surface area contributed by atoms with Crippen molar-refractivity contribution in [2.75, 3.05) is 7.11 Å². The molecule has 2 aromatic rings. The van der Waals surface area contributed by atoms with Gasteiger partial charge in [0.05, 0.1) is 23.9 Å². The fraction of sp³-hybridized carbons (Fsp3) is 0.455. The van der Waals surface area contributed by atoms with E-state index in [1.165, 1.54) is 4.88 Å². The van der Waals surface area contributed by atoms with Gasteiger partial charge in [-0.1, -0.05) is 0 Å². The Bertz CT molecular complexity index is 478. The predicted molar refractivity (Wildman–Crippen MR) is 67.2 cm³/mol. The van der Waals surface area contributed by atoms with Crippen LogP contribution in [0.5, 0.6) is 5.88 Å². The molecule has 2 rings (SSSR count). The van der Waals surface area contributed by atoms with E-state index < -0.39 is 0 Å². The molecule has 0 aliphatic heterocycles. The van der Waals surface area contributed by atoms with E-state index in [1.54, 1.807) is 23.1 Å². The van der Waals surface area contributed by atoms with Gasteiger partial charge in [0.1, 0.15) is 0 Å². The SMILES string of the molecule is COc1c(CNCc2cncs2)c(C)nn1C. The minimum atomic E-state index is 0.751. The summed E-state index contributed by atoms with van der Waals surface area (Å²) in [6.45, 7) is 3.56. The standard InChI is InChI=1S/C11H16N4OS/c1-8-10(11(16-3)15(2)14-8)6-12-4-9-5-13-7-17-9/h5,7,12H,4,6H2,1-3H3. The number of aromatic nitrogens is 3. The monoisotopic (exact) mass is 252 g/mol. The fourth-order valence-corrected chi connectivity index (χ4v) is 2.34. The summed E-state index contributed by atoms with van der Waals surface area (Å²) in [6.07, 6.45) is 1.88. The van der Waals surface area contributed by atoms with Crippen molar-refractivity contribution in [2.24, 2.45) is 7.05 Å². The molecule has 0 atom stereocenters. The highest BCUT2D eigenvalue weighted by atomic mass is 32.1. The number of hydrogen-bond acceptors (Lipinski definition) is 5. The Kier molecular flexibility index (Phi) is 3.75. The van der Waals surface area contributed by atoms with Crippen LogP contribution in [-0.2, 0) is 20.1 Å². The molecule has 92 valence electrons. The van der Waals surface area contributed by atoms with Crippen LogP contribution in [0.25, 0.3) is 0 Å². The lowest BCUT2D eigenvalue weighted by molar-refractivity contribution is 0.368. The van der Waals surface area contributed by atoms with Gasteiger partial charge in [-0.25, -0.2) is 4.68 Å². The molecule has 0 aromatic carbocycles. The number of nitrogens with zero attached hydrogens (tertiary/aromatic N) is 3. The van der Waals surface area contributed by atoms with Gasteiger partial charge >= 0.3 is 0 Å². The zero-order valence-electron chi connectivity index (χ0n) is 10.2. The minimum absolute atomic E-state index is 0.751. The van der Waals surface area contributed by atoms with Crippen molar-refractivity contribution in [3.8, 4) is 5.88 Å². The molecule has 17 heavy (non-hydrogen) atoms. The summed E-state index contributed by atoms with van der Waals surface area (Å²) in [5.41, 5.74) is 3.95. The van der Waals surface area contributed by atoms with Gasteiger partial charge in [-0.05, 0) is 6.92 Å². The molecule has 0 fully saturated rings. The van der Waals surface area contributed by atoms with Crippen molar-refractivity contribution in [1.82, 2.24) is 20.1 Å². The first-order chi connectivity index (χ1) is 8.22. The molecule has 5 nitrogen and oxygen atoms in total. The topological polar surface area (TPSA) is 52.0 Å². The first-order valence-corrected chi connectivity index (χ1v) is 6.25. The maximum Gasteiger partial charge on any atom is 0.216 e. The molecule has 2 aromatic heterocycles. The van der Waals surface area contributed by atoms with Crippen LogP contribution in [0, 0.1) is 6.92 Å². The number of hydrogen-bond donors (Lipinski definition) is 1. The van der Waals surface area contributed by atoms with E-state index in [1.807, 2.05) is 25.7 Å². The molecule has 0 bridgehead atoms. The summed E-state index contributed by atoms with van der Waals surface area (Å²) in [7, 11) is 3.56. The van der Waals surface area contributed by atoms with Gasteiger partial charge in [0.2, 0.25) is 5.88 Å². The highest BCUT2D eigenvalue weighted by Gasteiger charge is 2.12. The van der Waals surface area contributed by atoms with Crippen LogP contribution in [-0.4, -0.2) is 21.9 Å². The molecule has 6 heteroatoms. The summed E-state index contributed by atoms with van der Waals surface area (Å²) in [5.74, 6) is 0.819. The normalized spacial score (nSPS) is 10.8. The molecule has 0 spiro atoms. The van der Waals surface area contributed by atoms with E-state index in [-0.39, 0.29) is 0 Å². The number of aryl methyl sites for hydroxylation is 2. The van der Waals surface area contributed by atoms with E-state index in [0.717, 1.165) is 30.2 Å². The largest absolute Gasteiger partial charge is 0.481 e. The average molecular weight is 252 g/mol. The van der Waals surface area contributed by atoms with E-state index in [9.17, 15) is 0 Å². The Labute approximate surface area is 104 Å². The van der Waals surface area contributed by atoms with Crippen LogP contribution in [0.15, 0.2) is 11.7 Å². The quantitative estimate of drug-likeness (QED) is 0.876. The molecule has 0 saturated heterocycles. The van der Waals surface area contributed by atoms with Crippen LogP contribution in [0.4, 0.5) is 0 Å². The highest BCUT2D eigenvalue weighted by molar-refractivity contribution is 7.09. The first kappa shape index (κ1) is 12.1. The first-order valence-electron chi connectivity index (χ1n) is 5.37. The third-order valence-electron chi connectivity index (χ3n) is 2.57. The number of methoxy groups -OCH3 is 1. The van der Waals surface area contributed by atoms with Gasteiger partial charge in [-0.15, -0.1) is 11.3 Å². The fourth-order valence-electron chi connectivity index (χ4n) is 1.78. The van der Waals surface area contributed by atoms with Gasteiger partial charge in [-0.2, -0.15) is 5.10 Å². The van der Waals surface area contributed by atoms with Gasteiger partial charge in [0, 0.05) is 31.2 Å². The van der Waals surface area contributed by atoms with Crippen LogP contribution in [0.1, 0.15) is 16.1 Å². The Balaban J connectivity index is 1.99. The van der Waals surface area contributed by atoms with Crippen LogP contribution in [0.3, 0.4) is 0 Å². The second-order valence-electron chi connectivity index (χ2n) is 3.77. The lowest BCUT2D eigenvalue weighted by Gasteiger charge is -2.05. The predicted octanol–water partition coefficient (Wildman–Crippen LogP) is 1.48. The molecular weight excluding hydrogens is 236 g/mol. The van der Waals surface area contributed by atoms with Crippen LogP contribution >= 0.6 is 11.3 Å². The van der Waals surface area contributed by atoms with Crippen LogP contribution < -0.4 is 10.1 Å². The number of thiazole rings is 1. The van der Waals surface area contributed by atoms with Gasteiger partial charge in [0.15, 0.2) is 0 Å². The molecular formula is C11H16N4OS. The van der Waals surface area contributed by atoms with Crippen molar-refractivity contribution in [1.29, 1.82) is 0 Å². The Morgan fingerprint density at radius 3 is 2.94 bits per heavy atom. The average Bonchev–Trinajstić information content (AvgIpc) is 2.88. The van der Waals surface area contributed by atoms with Crippen molar-refractivity contribution >= 4 is 11.3 Å². The third-order valence-corrected chi connectivity index (χ3v) is 3.35. The maximum atomic E-state index is 5.34. The third kappa shape index (κ3) is 2.65. The molecule has 0 saturated carbocycles. The summed E-state index contributed by atoms with van der Waals surface area (Å²) in [6, 6.07) is 0. The minimum Gasteiger partial charge on any atom is -0.481 e. The summed E-state index contributed by atoms with van der Waals surface area (Å²) in [5, 5.41) is 7.71. The number of rotatable bonds is 5. The zero-order chi connectivity index (χ0) is 12.3. The van der Waals surface area contributed by atoms with Gasteiger partial charge < -0.3 is 10.1 Å². The Morgan fingerprint density at radius 1 is 1.47 bits per heavy atom. The zero-order valence-corrected chi connectivity index (χ0v) is 11.0. The molecule has 2 heterocycles. The second-order valence-corrected chi connectivity index (χ2v) is 4.74. The van der Waals surface area contributed by atoms with E-state index in [0.29, 0.717) is 0 Å². The van der Waals surface area contributed by atoms with Crippen molar-refractivity contribution in [3.63, 3.8) is 0 Å². The van der Waals surface area contributed by atoms with E-state index in [2.05, 4.69) is 15.4 Å². The van der Waals surface area contributed by atoms with Crippen LogP contribution in [0.2, 0.25) is 0 Å². The lowest BCUT2D eigenvalue weighted by Crippen LogP contribution is -2.13. The smallest absolute Gasteiger partial charge is 0.216 e. The molecule has 0 radical (unpaired) electrons. The Morgan fingerprint density at radius 2 is 2.29 bits per heavy atom. The molecule has 0 aliphatic rings. The van der Waals surface area contributed by atoms with E-state index in [4.69, 9.17) is 4.74 Å². The lowest BCUT2D eigenvalue weighted by atomic mass is 10.2. The van der Waals surface area contributed by atoms with Gasteiger partial charge in [0.25, 0.3) is 0 Å². The summed E-state index contributed by atoms with van der Waals surface area (Å²) in [4.78, 5) is 5.27. The van der Waals surface area contributed by atoms with E-state index >= 15 is 0 Å².